The Kier molecular flexibility index (Phi) is 8.05. The van der Waals surface area contributed by atoms with E-state index in [0.717, 1.165) is 6.54 Å². The number of benzene rings is 2. The van der Waals surface area contributed by atoms with Crippen molar-refractivity contribution in [2.75, 3.05) is 15.9 Å². The second-order valence-corrected chi connectivity index (χ2v) is 8.99. The van der Waals surface area contributed by atoms with Gasteiger partial charge >= 0.3 is 0 Å². The SMILES string of the molecule is C[n+]1ccc(/C=C2\Sc3ccccc3N2CCCCCI)c2ccccc21.[I-]. The Morgan fingerprint density at radius 1 is 1.00 bits per heavy atom. The molecular weight excluding hydrogens is 590 g/mol. The van der Waals surface area contributed by atoms with Gasteiger partial charge < -0.3 is 28.9 Å². The van der Waals surface area contributed by atoms with Crippen molar-refractivity contribution >= 4 is 57.0 Å². The first kappa shape index (κ1) is 21.9. The van der Waals surface area contributed by atoms with Gasteiger partial charge in [-0.2, -0.15) is 0 Å². The van der Waals surface area contributed by atoms with Crippen molar-refractivity contribution in [3.8, 4) is 0 Å². The zero-order valence-electron chi connectivity index (χ0n) is 15.9. The molecule has 0 spiro atoms. The Morgan fingerprint density at radius 2 is 1.79 bits per heavy atom. The van der Waals surface area contributed by atoms with Crippen LogP contribution >= 0.6 is 34.4 Å². The minimum atomic E-state index is 0. The maximum absolute atomic E-state index is 2.51. The average molecular weight is 614 g/mol. The molecule has 0 N–H and O–H groups in total. The first-order chi connectivity index (χ1) is 13.3. The highest BCUT2D eigenvalue weighted by atomic mass is 127. The Hall–Kier alpha value is -0.800. The van der Waals surface area contributed by atoms with Gasteiger partial charge in [-0.15, -0.1) is 0 Å². The predicted octanol–water partition coefficient (Wildman–Crippen LogP) is 3.18. The number of halogens is 2. The van der Waals surface area contributed by atoms with Gasteiger partial charge in [0.1, 0.15) is 7.05 Å². The normalized spacial score (nSPS) is 14.4. The van der Waals surface area contributed by atoms with E-state index < -0.39 is 0 Å². The maximum atomic E-state index is 2.51. The first-order valence-corrected chi connectivity index (χ1v) is 11.8. The molecule has 2 aromatic carbocycles. The van der Waals surface area contributed by atoms with E-state index >= 15 is 0 Å². The summed E-state index contributed by atoms with van der Waals surface area (Å²) in [4.78, 5) is 3.87. The van der Waals surface area contributed by atoms with Crippen LogP contribution in [-0.4, -0.2) is 11.0 Å². The number of unbranched alkanes of at least 4 members (excludes halogenated alkanes) is 2. The third kappa shape index (κ3) is 4.67. The van der Waals surface area contributed by atoms with E-state index in [4.69, 9.17) is 0 Å². The summed E-state index contributed by atoms with van der Waals surface area (Å²) in [5.41, 5.74) is 3.91. The van der Waals surface area contributed by atoms with Gasteiger partial charge in [-0.1, -0.05) is 65.0 Å². The molecule has 0 saturated carbocycles. The molecule has 0 radical (unpaired) electrons. The molecule has 2 nitrogen and oxygen atoms in total. The molecule has 0 atom stereocenters. The van der Waals surface area contributed by atoms with Gasteiger partial charge in [-0.3, -0.25) is 0 Å². The molecular formula is C23H24I2N2S. The molecule has 0 saturated heterocycles. The van der Waals surface area contributed by atoms with Crippen molar-refractivity contribution in [2.24, 2.45) is 7.05 Å². The van der Waals surface area contributed by atoms with E-state index in [-0.39, 0.29) is 24.0 Å². The fraction of sp³-hybridized carbons (Fsp3) is 0.261. The summed E-state index contributed by atoms with van der Waals surface area (Å²) < 4.78 is 3.44. The molecule has 0 fully saturated rings. The quantitative estimate of drug-likeness (QED) is 0.183. The lowest BCUT2D eigenvalue weighted by atomic mass is 10.1. The monoisotopic (exact) mass is 614 g/mol. The van der Waals surface area contributed by atoms with Crippen molar-refractivity contribution in [3.05, 3.63) is 71.4 Å². The van der Waals surface area contributed by atoms with Crippen LogP contribution in [0.4, 0.5) is 5.69 Å². The molecule has 0 aliphatic carbocycles. The number of aromatic nitrogens is 1. The van der Waals surface area contributed by atoms with Crippen LogP contribution in [0.2, 0.25) is 0 Å². The van der Waals surface area contributed by atoms with E-state index in [1.165, 1.54) is 55.8 Å². The van der Waals surface area contributed by atoms with Crippen LogP contribution in [0.1, 0.15) is 24.8 Å². The number of rotatable bonds is 6. The zero-order chi connectivity index (χ0) is 18.6. The third-order valence-electron chi connectivity index (χ3n) is 5.00. The number of anilines is 1. The number of hydrogen-bond acceptors (Lipinski definition) is 2. The molecule has 0 bridgehead atoms. The summed E-state index contributed by atoms with van der Waals surface area (Å²) in [7, 11) is 2.11. The summed E-state index contributed by atoms with van der Waals surface area (Å²) in [6.07, 6.45) is 8.36. The summed E-state index contributed by atoms with van der Waals surface area (Å²) >= 11 is 4.37. The number of nitrogens with zero attached hydrogens (tertiary/aromatic N) is 2. The lowest BCUT2D eigenvalue weighted by Gasteiger charge is -2.20. The van der Waals surface area contributed by atoms with E-state index in [0.29, 0.717) is 0 Å². The second kappa shape index (κ2) is 10.3. The number of aryl methyl sites for hydroxylation is 1. The van der Waals surface area contributed by atoms with Gasteiger partial charge in [-0.05, 0) is 47.1 Å². The van der Waals surface area contributed by atoms with Gasteiger partial charge in [0, 0.05) is 23.6 Å². The maximum Gasteiger partial charge on any atom is 0.212 e. The predicted molar refractivity (Wildman–Crippen MR) is 125 cm³/mol. The molecule has 1 aliphatic rings. The van der Waals surface area contributed by atoms with Gasteiger partial charge in [-0.25, -0.2) is 4.57 Å². The Labute approximate surface area is 202 Å². The van der Waals surface area contributed by atoms with Crippen LogP contribution in [0.5, 0.6) is 0 Å². The minimum Gasteiger partial charge on any atom is -1.00 e. The largest absolute Gasteiger partial charge is 1.00 e. The van der Waals surface area contributed by atoms with E-state index in [1.54, 1.807) is 0 Å². The summed E-state index contributed by atoms with van der Waals surface area (Å²) in [5, 5.41) is 2.64. The standard InChI is InChI=1S/C23H24IN2S.HI/c1-25-16-13-18(19-9-3-4-10-20(19)25)17-23-26(15-8-2-7-14-24)21-11-5-6-12-22(21)27-23;/h3-6,9-13,16-17H,2,7-8,14-15H2,1H3;1H/q+1;/p-1. The number of hydrogen-bond donors (Lipinski definition) is 0. The topological polar surface area (TPSA) is 7.12 Å². The average Bonchev–Trinajstić information content (AvgIpc) is 3.05. The smallest absolute Gasteiger partial charge is 0.212 e. The molecule has 5 heteroatoms. The molecule has 1 aromatic heterocycles. The highest BCUT2D eigenvalue weighted by Gasteiger charge is 2.24. The van der Waals surface area contributed by atoms with Gasteiger partial charge in [0.05, 0.1) is 16.1 Å². The minimum absolute atomic E-state index is 0. The molecule has 1 aliphatic heterocycles. The number of pyridine rings is 1. The van der Waals surface area contributed by atoms with Crippen LogP contribution < -0.4 is 33.4 Å². The van der Waals surface area contributed by atoms with Gasteiger partial charge in [0.15, 0.2) is 6.20 Å². The Balaban J connectivity index is 0.00000225. The van der Waals surface area contributed by atoms with E-state index in [9.17, 15) is 0 Å². The molecule has 2 heterocycles. The number of thioether (sulfide) groups is 1. The molecule has 28 heavy (non-hydrogen) atoms. The molecule has 0 amide bonds. The van der Waals surface area contributed by atoms with Gasteiger partial charge in [0.25, 0.3) is 0 Å². The van der Waals surface area contributed by atoms with Crippen molar-refractivity contribution in [1.29, 1.82) is 0 Å². The lowest BCUT2D eigenvalue weighted by molar-refractivity contribution is -0.644. The summed E-state index contributed by atoms with van der Waals surface area (Å²) in [5.74, 6) is 0. The van der Waals surface area contributed by atoms with E-state index in [1.807, 2.05) is 11.8 Å². The molecule has 4 rings (SSSR count). The fourth-order valence-electron chi connectivity index (χ4n) is 3.58. The zero-order valence-corrected chi connectivity index (χ0v) is 21.1. The van der Waals surface area contributed by atoms with Crippen molar-refractivity contribution < 1.29 is 28.5 Å². The lowest BCUT2D eigenvalue weighted by Crippen LogP contribution is -3.00. The van der Waals surface area contributed by atoms with Crippen LogP contribution in [0.3, 0.4) is 0 Å². The Morgan fingerprint density at radius 3 is 2.64 bits per heavy atom. The highest BCUT2D eigenvalue weighted by Crippen LogP contribution is 2.46. The van der Waals surface area contributed by atoms with E-state index in [2.05, 4.69) is 106 Å². The Bertz CT molecular complexity index is 987. The van der Waals surface area contributed by atoms with Crippen molar-refractivity contribution in [3.63, 3.8) is 0 Å². The number of alkyl halides is 1. The second-order valence-electron chi connectivity index (χ2n) is 6.85. The fourth-order valence-corrected chi connectivity index (χ4v) is 5.26. The van der Waals surface area contributed by atoms with Crippen LogP contribution in [0, 0.1) is 0 Å². The molecule has 3 aromatic rings. The summed E-state index contributed by atoms with van der Waals surface area (Å²) in [6, 6.07) is 19.7. The van der Waals surface area contributed by atoms with Gasteiger partial charge in [0.2, 0.25) is 5.52 Å². The highest BCUT2D eigenvalue weighted by molar-refractivity contribution is 14.1. The summed E-state index contributed by atoms with van der Waals surface area (Å²) in [6.45, 7) is 1.09. The third-order valence-corrected chi connectivity index (χ3v) is 6.88. The van der Waals surface area contributed by atoms with Crippen molar-refractivity contribution in [2.45, 2.75) is 24.2 Å². The van der Waals surface area contributed by atoms with Crippen LogP contribution in [0.15, 0.2) is 70.7 Å². The van der Waals surface area contributed by atoms with Crippen molar-refractivity contribution in [1.82, 2.24) is 0 Å². The van der Waals surface area contributed by atoms with Crippen LogP contribution in [-0.2, 0) is 7.05 Å². The number of para-hydroxylation sites is 2. The molecule has 0 unspecified atom stereocenters. The first-order valence-electron chi connectivity index (χ1n) is 9.47. The van der Waals surface area contributed by atoms with Crippen LogP contribution in [0.25, 0.3) is 17.0 Å². The number of fused-ring (bicyclic) bond motifs is 2. The molecule has 146 valence electrons.